The van der Waals surface area contributed by atoms with Gasteiger partial charge in [0.15, 0.2) is 5.76 Å². The van der Waals surface area contributed by atoms with Gasteiger partial charge in [-0.1, -0.05) is 48.0 Å². The number of amides is 1. The summed E-state index contributed by atoms with van der Waals surface area (Å²) in [6.07, 6.45) is 4.06. The summed E-state index contributed by atoms with van der Waals surface area (Å²) in [6, 6.07) is 18.2. The maximum atomic E-state index is 14.1. The molecule has 2 aromatic carbocycles. The molecular weight excluding hydrogens is 427 g/mol. The summed E-state index contributed by atoms with van der Waals surface area (Å²) < 4.78 is 19.4. The van der Waals surface area contributed by atoms with Crippen LogP contribution in [0.25, 0.3) is 0 Å². The highest BCUT2D eigenvalue weighted by Gasteiger charge is 2.33. The van der Waals surface area contributed by atoms with Gasteiger partial charge in [-0.25, -0.2) is 4.39 Å². The number of carbonyl (C=O) groups excluding carboxylic acids is 1. The molecule has 0 N–H and O–H groups in total. The summed E-state index contributed by atoms with van der Waals surface area (Å²) in [5.74, 6) is 0.372. The van der Waals surface area contributed by atoms with Crippen LogP contribution in [0.3, 0.4) is 0 Å². The molecule has 32 heavy (non-hydrogen) atoms. The largest absolute Gasteiger partial charge is 0.459 e. The zero-order valence-corrected chi connectivity index (χ0v) is 19.0. The Kier molecular flexibility index (Phi) is 7.28. The zero-order valence-electron chi connectivity index (χ0n) is 18.2. The molecule has 168 valence electrons. The van der Waals surface area contributed by atoms with Crippen molar-refractivity contribution >= 4 is 17.5 Å². The van der Waals surface area contributed by atoms with Gasteiger partial charge in [0.2, 0.25) is 0 Å². The summed E-state index contributed by atoms with van der Waals surface area (Å²) >= 11 is 6.45. The average Bonchev–Trinajstić information content (AvgIpc) is 3.35. The van der Waals surface area contributed by atoms with Gasteiger partial charge in [0, 0.05) is 30.2 Å². The molecule has 4 nitrogen and oxygen atoms in total. The summed E-state index contributed by atoms with van der Waals surface area (Å²) in [4.78, 5) is 17.1. The smallest absolute Gasteiger partial charge is 0.289 e. The number of carbonyl (C=O) groups is 1. The monoisotopic (exact) mass is 454 g/mol. The van der Waals surface area contributed by atoms with Crippen molar-refractivity contribution in [1.29, 1.82) is 0 Å². The van der Waals surface area contributed by atoms with E-state index in [1.807, 2.05) is 43.4 Å². The Bertz CT molecular complexity index is 1030. The third kappa shape index (κ3) is 5.22. The van der Waals surface area contributed by atoms with E-state index in [0.717, 1.165) is 37.1 Å². The second-order valence-electron chi connectivity index (χ2n) is 8.46. The molecule has 6 heteroatoms. The number of benzene rings is 2. The molecule has 4 rings (SSSR count). The Labute approximate surface area is 193 Å². The van der Waals surface area contributed by atoms with Gasteiger partial charge in [-0.05, 0) is 68.1 Å². The Morgan fingerprint density at radius 3 is 2.44 bits per heavy atom. The van der Waals surface area contributed by atoms with Gasteiger partial charge in [-0.3, -0.25) is 9.69 Å². The molecule has 1 amide bonds. The van der Waals surface area contributed by atoms with Crippen LogP contribution in [-0.2, 0) is 13.0 Å². The molecule has 1 atom stereocenters. The van der Waals surface area contributed by atoms with E-state index in [-0.39, 0.29) is 17.8 Å². The molecule has 0 saturated carbocycles. The summed E-state index contributed by atoms with van der Waals surface area (Å²) in [5, 5.41) is 0.716. The minimum atomic E-state index is -0.157. The Balaban J connectivity index is 1.48. The molecule has 0 radical (unpaired) electrons. The summed E-state index contributed by atoms with van der Waals surface area (Å²) in [6.45, 7) is 2.33. The predicted molar refractivity (Wildman–Crippen MR) is 124 cm³/mol. The van der Waals surface area contributed by atoms with E-state index >= 15 is 0 Å². The van der Waals surface area contributed by atoms with E-state index < -0.39 is 0 Å². The number of piperidine rings is 1. The molecular formula is C26H28ClFN2O2. The van der Waals surface area contributed by atoms with Crippen molar-refractivity contribution in [3.63, 3.8) is 0 Å². The first-order valence-corrected chi connectivity index (χ1v) is 11.4. The minimum absolute atomic E-state index is 0.0110. The van der Waals surface area contributed by atoms with E-state index in [2.05, 4.69) is 4.90 Å². The fourth-order valence-electron chi connectivity index (χ4n) is 4.60. The van der Waals surface area contributed by atoms with Crippen LogP contribution in [0.2, 0.25) is 5.02 Å². The van der Waals surface area contributed by atoms with Crippen molar-refractivity contribution in [2.45, 2.75) is 31.8 Å². The Morgan fingerprint density at radius 1 is 1.09 bits per heavy atom. The molecule has 1 unspecified atom stereocenters. The van der Waals surface area contributed by atoms with Gasteiger partial charge in [-0.2, -0.15) is 0 Å². The second-order valence-corrected chi connectivity index (χ2v) is 8.87. The first-order chi connectivity index (χ1) is 15.5. The van der Waals surface area contributed by atoms with Crippen molar-refractivity contribution in [2.24, 2.45) is 5.92 Å². The van der Waals surface area contributed by atoms with Crippen LogP contribution in [0.4, 0.5) is 4.39 Å². The normalized spacial score (nSPS) is 16.1. The van der Waals surface area contributed by atoms with Crippen LogP contribution in [0.15, 0.2) is 71.3 Å². The molecule has 1 aliphatic heterocycles. The quantitative estimate of drug-likeness (QED) is 0.461. The number of hydrogen-bond acceptors (Lipinski definition) is 3. The van der Waals surface area contributed by atoms with Gasteiger partial charge < -0.3 is 9.32 Å². The molecule has 0 aliphatic carbocycles. The van der Waals surface area contributed by atoms with Gasteiger partial charge in [0.05, 0.1) is 6.26 Å². The molecule has 2 heterocycles. The summed E-state index contributed by atoms with van der Waals surface area (Å²) in [5.41, 5.74) is 1.76. The zero-order chi connectivity index (χ0) is 22.5. The van der Waals surface area contributed by atoms with Gasteiger partial charge >= 0.3 is 0 Å². The Morgan fingerprint density at radius 2 is 1.78 bits per heavy atom. The van der Waals surface area contributed by atoms with Crippen LogP contribution >= 0.6 is 11.6 Å². The van der Waals surface area contributed by atoms with E-state index in [0.29, 0.717) is 29.7 Å². The number of likely N-dealkylation sites (tertiary alicyclic amines) is 1. The van der Waals surface area contributed by atoms with E-state index in [1.54, 1.807) is 23.1 Å². The van der Waals surface area contributed by atoms with Gasteiger partial charge in [0.25, 0.3) is 5.91 Å². The lowest BCUT2D eigenvalue weighted by Crippen LogP contribution is -2.47. The number of furan rings is 1. The van der Waals surface area contributed by atoms with Crippen LogP contribution in [-0.4, -0.2) is 41.9 Å². The number of rotatable bonds is 7. The maximum Gasteiger partial charge on any atom is 0.289 e. The van der Waals surface area contributed by atoms with E-state index in [4.69, 9.17) is 16.0 Å². The van der Waals surface area contributed by atoms with Crippen LogP contribution < -0.4 is 0 Å². The predicted octanol–water partition coefficient (Wildman–Crippen LogP) is 5.67. The minimum Gasteiger partial charge on any atom is -0.459 e. The SMILES string of the molecule is CN(C(=O)c1ccco1)C(Cc1ccccc1Cl)C1CCN(Cc2ccccc2F)CC1. The molecule has 1 saturated heterocycles. The maximum absolute atomic E-state index is 14.1. The molecule has 0 spiro atoms. The molecule has 1 aromatic heterocycles. The average molecular weight is 455 g/mol. The highest BCUT2D eigenvalue weighted by atomic mass is 35.5. The number of hydrogen-bond donors (Lipinski definition) is 0. The highest BCUT2D eigenvalue weighted by molar-refractivity contribution is 6.31. The highest BCUT2D eigenvalue weighted by Crippen LogP contribution is 2.30. The van der Waals surface area contributed by atoms with Crippen molar-refractivity contribution in [3.8, 4) is 0 Å². The van der Waals surface area contributed by atoms with Crippen molar-refractivity contribution in [3.05, 3.63) is 94.7 Å². The molecule has 1 aliphatic rings. The van der Waals surface area contributed by atoms with E-state index in [9.17, 15) is 9.18 Å². The lowest BCUT2D eigenvalue weighted by atomic mass is 9.84. The number of halogens is 2. The number of likely N-dealkylation sites (N-methyl/N-ethyl adjacent to an activating group) is 1. The second kappa shape index (κ2) is 10.3. The Hall–Kier alpha value is -2.63. The number of nitrogens with zero attached hydrogens (tertiary/aromatic N) is 2. The third-order valence-electron chi connectivity index (χ3n) is 6.46. The van der Waals surface area contributed by atoms with E-state index in [1.165, 1.54) is 12.3 Å². The first kappa shape index (κ1) is 22.6. The lowest BCUT2D eigenvalue weighted by Gasteiger charge is -2.40. The lowest BCUT2D eigenvalue weighted by molar-refractivity contribution is 0.0555. The fourth-order valence-corrected chi connectivity index (χ4v) is 4.81. The fraction of sp³-hybridized carbons (Fsp3) is 0.346. The summed E-state index contributed by atoms with van der Waals surface area (Å²) in [7, 11) is 1.85. The van der Waals surface area contributed by atoms with Crippen molar-refractivity contribution in [2.75, 3.05) is 20.1 Å². The third-order valence-corrected chi connectivity index (χ3v) is 6.83. The van der Waals surface area contributed by atoms with Gasteiger partial charge in [-0.15, -0.1) is 0 Å². The molecule has 3 aromatic rings. The van der Waals surface area contributed by atoms with Crippen LogP contribution in [0, 0.1) is 11.7 Å². The van der Waals surface area contributed by atoms with Crippen LogP contribution in [0.1, 0.15) is 34.5 Å². The molecule has 0 bridgehead atoms. The molecule has 1 fully saturated rings. The first-order valence-electron chi connectivity index (χ1n) is 11.0. The standard InChI is InChI=1S/C26H28ClFN2O2/c1-29(26(31)25-11-6-16-32-25)24(17-20-7-2-4-9-22(20)27)19-12-14-30(15-13-19)18-21-8-3-5-10-23(21)28/h2-11,16,19,24H,12-15,17-18H2,1H3. The van der Waals surface area contributed by atoms with Crippen molar-refractivity contribution < 1.29 is 13.6 Å². The van der Waals surface area contributed by atoms with Gasteiger partial charge in [0.1, 0.15) is 5.82 Å². The van der Waals surface area contributed by atoms with Crippen molar-refractivity contribution in [1.82, 2.24) is 9.80 Å². The van der Waals surface area contributed by atoms with Crippen LogP contribution in [0.5, 0.6) is 0 Å². The topological polar surface area (TPSA) is 36.7 Å².